The lowest BCUT2D eigenvalue weighted by molar-refractivity contribution is -0.111. The molecule has 1 aromatic carbocycles. The van der Waals surface area contributed by atoms with Crippen LogP contribution >= 0.6 is 0 Å². The van der Waals surface area contributed by atoms with Crippen molar-refractivity contribution < 1.29 is 4.79 Å². The summed E-state index contributed by atoms with van der Waals surface area (Å²) >= 11 is 0. The topological polar surface area (TPSA) is 48.5 Å². The van der Waals surface area contributed by atoms with Gasteiger partial charge in [-0.3, -0.25) is 9.69 Å². The number of hydrogen-bond acceptors (Lipinski definition) is 4. The summed E-state index contributed by atoms with van der Waals surface area (Å²) in [4.78, 5) is 21.2. The van der Waals surface area contributed by atoms with Crippen LogP contribution < -0.4 is 10.2 Å². The van der Waals surface area contributed by atoms with Crippen LogP contribution in [0.15, 0.2) is 54.2 Å². The van der Waals surface area contributed by atoms with Gasteiger partial charge in [0.2, 0.25) is 5.91 Å². The lowest BCUT2D eigenvalue weighted by Gasteiger charge is -2.23. The second-order valence-electron chi connectivity index (χ2n) is 7.72. The van der Waals surface area contributed by atoms with Gasteiger partial charge in [-0.25, -0.2) is 4.98 Å². The van der Waals surface area contributed by atoms with Crippen molar-refractivity contribution in [3.8, 4) is 0 Å². The maximum Gasteiger partial charge on any atom is 0.248 e. The molecule has 0 bridgehead atoms. The molecule has 1 aliphatic rings. The number of nitrogens with one attached hydrogen (secondary N) is 1. The molecule has 1 aromatic heterocycles. The predicted molar refractivity (Wildman–Crippen MR) is 116 cm³/mol. The monoisotopic (exact) mass is 378 g/mol. The number of carbonyl (C=O) groups is 1. The van der Waals surface area contributed by atoms with Gasteiger partial charge in [0.15, 0.2) is 0 Å². The van der Waals surface area contributed by atoms with E-state index in [4.69, 9.17) is 0 Å². The Morgan fingerprint density at radius 1 is 1.07 bits per heavy atom. The Morgan fingerprint density at radius 3 is 2.54 bits per heavy atom. The highest BCUT2D eigenvalue weighted by molar-refractivity contribution is 5.99. The molecule has 0 radical (unpaired) electrons. The van der Waals surface area contributed by atoms with Crippen molar-refractivity contribution in [1.29, 1.82) is 0 Å². The van der Waals surface area contributed by atoms with Gasteiger partial charge in [-0.1, -0.05) is 35.4 Å². The number of nitrogens with zero attached hydrogens (tertiary/aromatic N) is 3. The van der Waals surface area contributed by atoms with E-state index in [1.807, 2.05) is 26.0 Å². The zero-order valence-electron chi connectivity index (χ0n) is 17.1. The highest BCUT2D eigenvalue weighted by Gasteiger charge is 2.16. The Morgan fingerprint density at radius 2 is 1.86 bits per heavy atom. The summed E-state index contributed by atoms with van der Waals surface area (Å²) in [5, 5.41) is 2.85. The molecule has 0 saturated carbocycles. The summed E-state index contributed by atoms with van der Waals surface area (Å²) < 4.78 is 0. The Hall–Kier alpha value is -2.66. The molecule has 0 aliphatic carbocycles. The van der Waals surface area contributed by atoms with Crippen molar-refractivity contribution in [2.45, 2.75) is 33.7 Å². The third kappa shape index (κ3) is 5.92. The third-order valence-electron chi connectivity index (χ3n) is 4.87. The van der Waals surface area contributed by atoms with E-state index in [-0.39, 0.29) is 5.91 Å². The van der Waals surface area contributed by atoms with E-state index < -0.39 is 0 Å². The molecule has 5 heteroatoms. The first kappa shape index (κ1) is 20.1. The number of carbonyl (C=O) groups excluding carboxylic acids is 1. The summed E-state index contributed by atoms with van der Waals surface area (Å²) in [5.74, 6) is 0.855. The number of pyridine rings is 1. The Bertz CT molecular complexity index is 808. The third-order valence-corrected chi connectivity index (χ3v) is 4.87. The van der Waals surface area contributed by atoms with Gasteiger partial charge in [-0.05, 0) is 44.9 Å². The maximum atomic E-state index is 11.8. The fourth-order valence-electron chi connectivity index (χ4n) is 3.40. The fraction of sp³-hybridized carbons (Fsp3) is 0.391. The minimum absolute atomic E-state index is 0.115. The van der Waals surface area contributed by atoms with Crippen molar-refractivity contribution in [2.75, 3.05) is 36.4 Å². The van der Waals surface area contributed by atoms with E-state index in [1.54, 1.807) is 12.3 Å². The number of aromatic nitrogens is 1. The standard InChI is InChI=1S/C23H30N4O/c1-18(2)15-23(28)25-21-9-10-22(24-16-21)27-12-4-11-26(13-14-27)17-20-7-5-19(3)6-8-20/h5-10,15-16H,4,11-14,17H2,1-3H3,(H,25,28). The van der Waals surface area contributed by atoms with Crippen LogP contribution in [-0.4, -0.2) is 42.0 Å². The minimum Gasteiger partial charge on any atom is -0.355 e. The zero-order chi connectivity index (χ0) is 19.9. The van der Waals surface area contributed by atoms with E-state index in [2.05, 4.69) is 51.3 Å². The Kier molecular flexibility index (Phi) is 6.82. The molecular formula is C23H30N4O. The first-order chi connectivity index (χ1) is 13.5. The molecule has 1 N–H and O–H groups in total. The maximum absolute atomic E-state index is 11.8. The van der Waals surface area contributed by atoms with Crippen molar-refractivity contribution in [3.05, 3.63) is 65.4 Å². The van der Waals surface area contributed by atoms with E-state index in [0.29, 0.717) is 0 Å². The molecular weight excluding hydrogens is 348 g/mol. The lowest BCUT2D eigenvalue weighted by Crippen LogP contribution is -2.30. The molecule has 0 unspecified atom stereocenters. The second kappa shape index (κ2) is 9.51. The first-order valence-electron chi connectivity index (χ1n) is 9.94. The van der Waals surface area contributed by atoms with Crippen LogP contribution in [0, 0.1) is 6.92 Å². The Labute approximate surface area is 168 Å². The van der Waals surface area contributed by atoms with Crippen molar-refractivity contribution >= 4 is 17.4 Å². The molecule has 1 saturated heterocycles. The van der Waals surface area contributed by atoms with Gasteiger partial charge in [0, 0.05) is 38.8 Å². The summed E-state index contributed by atoms with van der Waals surface area (Å²) in [5.41, 5.74) is 4.37. The number of benzene rings is 1. The molecule has 2 heterocycles. The smallest absolute Gasteiger partial charge is 0.248 e. The van der Waals surface area contributed by atoms with E-state index in [1.165, 1.54) is 11.1 Å². The van der Waals surface area contributed by atoms with Crippen LogP contribution in [0.5, 0.6) is 0 Å². The van der Waals surface area contributed by atoms with Gasteiger partial charge in [-0.15, -0.1) is 0 Å². The number of hydrogen-bond donors (Lipinski definition) is 1. The number of amides is 1. The van der Waals surface area contributed by atoms with Crippen molar-refractivity contribution in [1.82, 2.24) is 9.88 Å². The van der Waals surface area contributed by atoms with Crippen LogP contribution in [-0.2, 0) is 11.3 Å². The van der Waals surface area contributed by atoms with Crippen LogP contribution in [0.25, 0.3) is 0 Å². The highest BCUT2D eigenvalue weighted by Crippen LogP contribution is 2.17. The molecule has 0 spiro atoms. The summed E-state index contributed by atoms with van der Waals surface area (Å²) in [6.45, 7) is 11.0. The molecule has 1 aliphatic heterocycles. The summed E-state index contributed by atoms with van der Waals surface area (Å²) in [6, 6.07) is 12.7. The molecule has 1 amide bonds. The van der Waals surface area contributed by atoms with E-state index in [0.717, 1.165) is 56.2 Å². The highest BCUT2D eigenvalue weighted by atomic mass is 16.1. The van der Waals surface area contributed by atoms with Gasteiger partial charge in [0.1, 0.15) is 5.82 Å². The summed E-state index contributed by atoms with van der Waals surface area (Å²) in [7, 11) is 0. The number of allylic oxidation sites excluding steroid dienone is 1. The van der Waals surface area contributed by atoms with E-state index in [9.17, 15) is 4.79 Å². The minimum atomic E-state index is -0.115. The lowest BCUT2D eigenvalue weighted by atomic mass is 10.1. The largest absolute Gasteiger partial charge is 0.355 e. The van der Waals surface area contributed by atoms with Crippen LogP contribution in [0.4, 0.5) is 11.5 Å². The van der Waals surface area contributed by atoms with Crippen molar-refractivity contribution in [3.63, 3.8) is 0 Å². The quantitative estimate of drug-likeness (QED) is 0.799. The van der Waals surface area contributed by atoms with Crippen molar-refractivity contribution in [2.24, 2.45) is 0 Å². The van der Waals surface area contributed by atoms with Crippen LogP contribution in [0.3, 0.4) is 0 Å². The Balaban J connectivity index is 1.55. The average Bonchev–Trinajstić information content (AvgIpc) is 2.89. The number of anilines is 2. The molecule has 5 nitrogen and oxygen atoms in total. The van der Waals surface area contributed by atoms with Gasteiger partial charge in [-0.2, -0.15) is 0 Å². The molecule has 1 fully saturated rings. The SMILES string of the molecule is CC(C)=CC(=O)Nc1ccc(N2CCCN(Cc3ccc(C)cc3)CC2)nc1. The number of aryl methyl sites for hydroxylation is 1. The molecule has 28 heavy (non-hydrogen) atoms. The van der Waals surface area contributed by atoms with Crippen LogP contribution in [0.1, 0.15) is 31.4 Å². The molecule has 2 aromatic rings. The molecule has 148 valence electrons. The zero-order valence-corrected chi connectivity index (χ0v) is 17.1. The molecule has 0 atom stereocenters. The predicted octanol–water partition coefficient (Wildman–Crippen LogP) is 4.01. The van der Waals surface area contributed by atoms with Gasteiger partial charge in [0.05, 0.1) is 11.9 Å². The van der Waals surface area contributed by atoms with Gasteiger partial charge < -0.3 is 10.2 Å². The van der Waals surface area contributed by atoms with E-state index >= 15 is 0 Å². The average molecular weight is 379 g/mol. The van der Waals surface area contributed by atoms with Gasteiger partial charge in [0.25, 0.3) is 0 Å². The fourth-order valence-corrected chi connectivity index (χ4v) is 3.40. The first-order valence-corrected chi connectivity index (χ1v) is 9.94. The second-order valence-corrected chi connectivity index (χ2v) is 7.72. The van der Waals surface area contributed by atoms with Crippen LogP contribution in [0.2, 0.25) is 0 Å². The molecule has 3 rings (SSSR count). The van der Waals surface area contributed by atoms with Gasteiger partial charge >= 0.3 is 0 Å². The number of rotatable bonds is 5. The normalized spacial score (nSPS) is 15.0. The summed E-state index contributed by atoms with van der Waals surface area (Å²) in [6.07, 6.45) is 4.44.